The molecule has 5 heterocycles. The maximum absolute atomic E-state index is 15.2. The van der Waals surface area contributed by atoms with Crippen molar-refractivity contribution in [1.82, 2.24) is 26.0 Å². The molecule has 4 fully saturated rings. The Morgan fingerprint density at radius 3 is 2.69 bits per heavy atom. The maximum Gasteiger partial charge on any atom is 0.231 e. The van der Waals surface area contributed by atoms with E-state index in [1.54, 1.807) is 0 Å². The molecule has 0 radical (unpaired) electrons. The summed E-state index contributed by atoms with van der Waals surface area (Å²) in [6.45, 7) is 10.7. The van der Waals surface area contributed by atoms with Gasteiger partial charge in [-0.3, -0.25) is 9.69 Å². The van der Waals surface area contributed by atoms with Crippen molar-refractivity contribution in [2.24, 2.45) is 28.7 Å². The van der Waals surface area contributed by atoms with Crippen LogP contribution in [0.1, 0.15) is 84.0 Å². The Balaban J connectivity index is 1.42. The van der Waals surface area contributed by atoms with Crippen molar-refractivity contribution >= 4 is 5.91 Å². The topological polar surface area (TPSA) is 112 Å². The number of quaternary nitrogens is 1. The van der Waals surface area contributed by atoms with E-state index in [-0.39, 0.29) is 17.4 Å². The predicted molar refractivity (Wildman–Crippen MR) is 166 cm³/mol. The number of nitrogens with two attached hydrogens (primary N) is 2. The standard InChI is InChI=1S/C32H59FN8O/c1-3-11-32-12-6-8-25(33)22-39(15-7-13-32)28(19-32)29(30(34)35)31(42)38-26-23-41(16-4-5-17-41)18-10-27(26)40-21-24(20-37-40)9-14-36-2/h24-25,28-30,36-37H,3-23,34-35H2,1-2H3/p+1. The largest absolute Gasteiger partial charge is 0.323 e. The van der Waals surface area contributed by atoms with E-state index >= 15 is 4.39 Å². The van der Waals surface area contributed by atoms with Gasteiger partial charge in [0.05, 0.1) is 43.1 Å². The summed E-state index contributed by atoms with van der Waals surface area (Å²) in [5.74, 6) is -0.0692. The summed E-state index contributed by atoms with van der Waals surface area (Å²) in [6.07, 6.45) is 10.8. The number of hydrazine groups is 1. The van der Waals surface area contributed by atoms with Gasteiger partial charge in [0.15, 0.2) is 0 Å². The normalized spacial score (nSPS) is 34.4. The van der Waals surface area contributed by atoms with Gasteiger partial charge in [-0.25, -0.2) is 9.82 Å². The lowest BCUT2D eigenvalue weighted by Gasteiger charge is -2.43. The van der Waals surface area contributed by atoms with Gasteiger partial charge in [-0.05, 0) is 82.8 Å². The molecule has 0 aromatic rings. The van der Waals surface area contributed by atoms with Crippen molar-refractivity contribution in [3.8, 4) is 0 Å². The van der Waals surface area contributed by atoms with Gasteiger partial charge in [-0.2, -0.15) is 0 Å². The predicted octanol–water partition coefficient (Wildman–Crippen LogP) is 2.40. The summed E-state index contributed by atoms with van der Waals surface area (Å²) in [5.41, 5.74) is 19.1. The molecule has 5 rings (SSSR count). The van der Waals surface area contributed by atoms with E-state index < -0.39 is 18.3 Å². The van der Waals surface area contributed by atoms with E-state index in [0.717, 1.165) is 107 Å². The van der Waals surface area contributed by atoms with Crippen LogP contribution in [0, 0.1) is 17.3 Å². The minimum atomic E-state index is -0.870. The first-order chi connectivity index (χ1) is 20.3. The van der Waals surface area contributed by atoms with Crippen molar-refractivity contribution in [1.29, 1.82) is 0 Å². The first kappa shape index (κ1) is 32.1. The average molecular weight is 592 g/mol. The molecule has 42 heavy (non-hydrogen) atoms. The van der Waals surface area contributed by atoms with Crippen molar-refractivity contribution in [2.75, 3.05) is 66.0 Å². The SMILES string of the molecule is CCCC12CCCC(F)CN(CCC1)C(C(C(=O)NC1=C(N3CC(CCNC)CN3)CC[N+]3(CCCC3)C1)C(N)N)C2. The van der Waals surface area contributed by atoms with Crippen molar-refractivity contribution in [3.63, 3.8) is 0 Å². The first-order valence-corrected chi connectivity index (χ1v) is 17.2. The zero-order valence-corrected chi connectivity index (χ0v) is 26.5. The maximum atomic E-state index is 15.2. The molecule has 9 nitrogen and oxygen atoms in total. The number of nitrogens with zero attached hydrogens (tertiary/aromatic N) is 3. The molecule has 10 heteroatoms. The van der Waals surface area contributed by atoms with E-state index in [2.05, 4.69) is 32.9 Å². The summed E-state index contributed by atoms with van der Waals surface area (Å²) < 4.78 is 16.3. The molecule has 0 aromatic carbocycles. The Morgan fingerprint density at radius 1 is 1.17 bits per heavy atom. The Kier molecular flexibility index (Phi) is 10.9. The highest BCUT2D eigenvalue weighted by Crippen LogP contribution is 2.46. The lowest BCUT2D eigenvalue weighted by molar-refractivity contribution is -0.914. The van der Waals surface area contributed by atoms with Gasteiger partial charge >= 0.3 is 0 Å². The molecule has 7 N–H and O–H groups in total. The monoisotopic (exact) mass is 591 g/mol. The van der Waals surface area contributed by atoms with Gasteiger partial charge in [0.2, 0.25) is 5.91 Å². The Hall–Kier alpha value is -1.30. The third-order valence-electron chi connectivity index (χ3n) is 11.4. The van der Waals surface area contributed by atoms with E-state index in [1.807, 2.05) is 7.05 Å². The highest BCUT2D eigenvalue weighted by atomic mass is 19.1. The fourth-order valence-electron chi connectivity index (χ4n) is 9.24. The summed E-state index contributed by atoms with van der Waals surface area (Å²) in [7, 11) is 2.01. The van der Waals surface area contributed by atoms with Gasteiger partial charge in [0.25, 0.3) is 0 Å². The number of fused-ring (bicyclic) bond motifs is 3. The zero-order valence-electron chi connectivity index (χ0n) is 26.5. The molecular formula is C32H60FN8O+. The fourth-order valence-corrected chi connectivity index (χ4v) is 9.24. The van der Waals surface area contributed by atoms with Crippen LogP contribution in [0.15, 0.2) is 11.4 Å². The summed E-state index contributed by atoms with van der Waals surface area (Å²) >= 11 is 0. The minimum Gasteiger partial charge on any atom is -0.323 e. The van der Waals surface area contributed by atoms with Crippen molar-refractivity contribution < 1.29 is 13.7 Å². The summed E-state index contributed by atoms with van der Waals surface area (Å²) in [4.78, 5) is 16.7. The molecule has 1 amide bonds. The van der Waals surface area contributed by atoms with Gasteiger partial charge in [-0.1, -0.05) is 13.3 Å². The molecule has 6 unspecified atom stereocenters. The number of carbonyl (C=O) groups is 1. The lowest BCUT2D eigenvalue weighted by Crippen LogP contribution is -2.60. The molecule has 240 valence electrons. The Morgan fingerprint density at radius 2 is 1.95 bits per heavy atom. The molecule has 4 saturated heterocycles. The Labute approximate surface area is 253 Å². The number of carbonyl (C=O) groups excluding carboxylic acids is 1. The lowest BCUT2D eigenvalue weighted by atomic mass is 9.70. The van der Waals surface area contributed by atoms with Crippen molar-refractivity contribution in [3.05, 3.63) is 11.4 Å². The summed E-state index contributed by atoms with van der Waals surface area (Å²) in [5, 5.41) is 9.07. The fraction of sp³-hybridized carbons (Fsp3) is 0.906. The number of rotatable bonds is 10. The van der Waals surface area contributed by atoms with E-state index in [0.29, 0.717) is 18.9 Å². The van der Waals surface area contributed by atoms with Crippen LogP contribution in [0.4, 0.5) is 4.39 Å². The average Bonchev–Trinajstić information content (AvgIpc) is 3.58. The molecule has 5 aliphatic heterocycles. The second-order valence-electron chi connectivity index (χ2n) is 14.5. The number of hydrogen-bond donors (Lipinski definition) is 5. The highest BCUT2D eigenvalue weighted by molar-refractivity contribution is 5.82. The van der Waals surface area contributed by atoms with Crippen LogP contribution in [0.2, 0.25) is 0 Å². The van der Waals surface area contributed by atoms with Crippen LogP contribution in [0.3, 0.4) is 0 Å². The Bertz CT molecular complexity index is 939. The number of hydrogen-bond acceptors (Lipinski definition) is 7. The number of nitrogens with one attached hydrogen (secondary N) is 3. The molecule has 5 aliphatic rings. The quantitative estimate of drug-likeness (QED) is 0.196. The van der Waals surface area contributed by atoms with Crippen molar-refractivity contribution in [2.45, 2.75) is 102 Å². The second-order valence-corrected chi connectivity index (χ2v) is 14.5. The van der Waals surface area contributed by atoms with E-state index in [1.165, 1.54) is 31.6 Å². The van der Waals surface area contributed by atoms with Gasteiger partial charge < -0.3 is 31.6 Å². The minimum absolute atomic E-state index is 0.0698. The third-order valence-corrected chi connectivity index (χ3v) is 11.4. The van der Waals surface area contributed by atoms with E-state index in [9.17, 15) is 4.79 Å². The molecular weight excluding hydrogens is 531 g/mol. The number of halogens is 1. The van der Waals surface area contributed by atoms with Crippen LogP contribution in [-0.2, 0) is 4.79 Å². The molecule has 2 bridgehead atoms. The third kappa shape index (κ3) is 7.32. The van der Waals surface area contributed by atoms with Crippen LogP contribution < -0.4 is 27.5 Å². The van der Waals surface area contributed by atoms with Crippen LogP contribution in [0.25, 0.3) is 0 Å². The van der Waals surface area contributed by atoms with Crippen LogP contribution >= 0.6 is 0 Å². The second kappa shape index (κ2) is 14.2. The van der Waals surface area contributed by atoms with Gasteiger partial charge in [-0.15, -0.1) is 0 Å². The molecule has 0 aliphatic carbocycles. The van der Waals surface area contributed by atoms with Gasteiger partial charge in [0, 0.05) is 44.9 Å². The number of alkyl halides is 1. The first-order valence-electron chi connectivity index (χ1n) is 17.2. The molecule has 0 aromatic heterocycles. The molecule has 0 saturated carbocycles. The number of amides is 1. The molecule has 6 atom stereocenters. The zero-order chi connectivity index (χ0) is 29.7. The van der Waals surface area contributed by atoms with Crippen LogP contribution in [0.5, 0.6) is 0 Å². The van der Waals surface area contributed by atoms with E-state index in [4.69, 9.17) is 11.5 Å². The van der Waals surface area contributed by atoms with Gasteiger partial charge in [0.1, 0.15) is 12.7 Å². The van der Waals surface area contributed by atoms with Crippen LogP contribution in [-0.4, -0.2) is 105 Å². The molecule has 1 spiro atoms. The highest BCUT2D eigenvalue weighted by Gasteiger charge is 2.46. The summed E-state index contributed by atoms with van der Waals surface area (Å²) in [6, 6.07) is -0.145. The smallest absolute Gasteiger partial charge is 0.231 e.